The van der Waals surface area contributed by atoms with E-state index in [1.807, 2.05) is 58.9 Å². The lowest BCUT2D eigenvalue weighted by atomic mass is 9.93. The highest BCUT2D eigenvalue weighted by Crippen LogP contribution is 2.44. The average molecular weight is 387 g/mol. The Labute approximate surface area is 164 Å². The summed E-state index contributed by atoms with van der Waals surface area (Å²) in [5.41, 5.74) is 3.10. The van der Waals surface area contributed by atoms with Crippen LogP contribution >= 0.6 is 11.8 Å². The van der Waals surface area contributed by atoms with E-state index < -0.39 is 12.0 Å². The van der Waals surface area contributed by atoms with Crippen molar-refractivity contribution in [2.24, 2.45) is 10.9 Å². The molecule has 0 saturated carbocycles. The topological polar surface area (TPSA) is 59.0 Å². The second-order valence-electron chi connectivity index (χ2n) is 7.42. The maximum atomic E-state index is 13.0. The van der Waals surface area contributed by atoms with Gasteiger partial charge in [-0.2, -0.15) is 0 Å². The number of ether oxygens (including phenoxy) is 1. The van der Waals surface area contributed by atoms with E-state index in [2.05, 4.69) is 4.99 Å². The molecule has 1 amide bonds. The smallest absolute Gasteiger partial charge is 0.338 e. The fraction of sp³-hybridized carbons (Fsp3) is 0.476. The molecule has 0 bridgehead atoms. The van der Waals surface area contributed by atoms with Gasteiger partial charge in [-0.05, 0) is 31.7 Å². The first-order valence-electron chi connectivity index (χ1n) is 9.36. The first-order valence-corrected chi connectivity index (χ1v) is 10.2. The zero-order valence-electron chi connectivity index (χ0n) is 16.5. The zero-order chi connectivity index (χ0) is 19.7. The first-order chi connectivity index (χ1) is 12.8. The van der Waals surface area contributed by atoms with E-state index in [0.717, 1.165) is 17.5 Å². The van der Waals surface area contributed by atoms with Crippen LogP contribution in [0.5, 0.6) is 0 Å². The lowest BCUT2D eigenvalue weighted by Crippen LogP contribution is -2.41. The molecule has 6 heteroatoms. The molecule has 0 aliphatic carbocycles. The van der Waals surface area contributed by atoms with Crippen LogP contribution in [-0.2, 0) is 14.3 Å². The number of fused-ring (bicyclic) bond motifs is 1. The molecule has 0 unspecified atom stereocenters. The van der Waals surface area contributed by atoms with Crippen molar-refractivity contribution in [3.05, 3.63) is 46.7 Å². The van der Waals surface area contributed by atoms with E-state index in [-0.39, 0.29) is 17.1 Å². The molecule has 1 aromatic rings. The Morgan fingerprint density at radius 1 is 1.26 bits per heavy atom. The Bertz CT molecular complexity index is 811. The molecule has 0 aromatic heterocycles. The molecule has 0 radical (unpaired) electrons. The number of amidine groups is 1. The van der Waals surface area contributed by atoms with Crippen molar-refractivity contribution in [1.82, 2.24) is 4.90 Å². The molecule has 2 aliphatic heterocycles. The summed E-state index contributed by atoms with van der Waals surface area (Å²) in [6.07, 6.45) is 0.728. The lowest BCUT2D eigenvalue weighted by Gasteiger charge is -2.33. The Hall–Kier alpha value is -2.08. The summed E-state index contributed by atoms with van der Waals surface area (Å²) < 4.78 is 5.51. The summed E-state index contributed by atoms with van der Waals surface area (Å²) in [6, 6.07) is 7.46. The molecule has 1 aromatic carbocycles. The number of thioether (sulfide) groups is 1. The van der Waals surface area contributed by atoms with Crippen molar-refractivity contribution in [3.63, 3.8) is 0 Å². The van der Waals surface area contributed by atoms with E-state index in [4.69, 9.17) is 4.74 Å². The summed E-state index contributed by atoms with van der Waals surface area (Å²) in [6.45, 7) is 10.2. The monoisotopic (exact) mass is 386 g/mol. The van der Waals surface area contributed by atoms with Crippen LogP contribution in [-0.4, -0.2) is 33.8 Å². The zero-order valence-corrected chi connectivity index (χ0v) is 17.3. The first kappa shape index (κ1) is 19.7. The largest absolute Gasteiger partial charge is 0.462 e. The Morgan fingerprint density at radius 3 is 2.52 bits per heavy atom. The third-order valence-electron chi connectivity index (χ3n) is 4.68. The van der Waals surface area contributed by atoms with Gasteiger partial charge < -0.3 is 4.74 Å². The highest BCUT2D eigenvalue weighted by Gasteiger charge is 2.47. The highest BCUT2D eigenvalue weighted by molar-refractivity contribution is 8.15. The number of benzene rings is 1. The van der Waals surface area contributed by atoms with Crippen LogP contribution in [0.25, 0.3) is 0 Å². The van der Waals surface area contributed by atoms with Gasteiger partial charge in [-0.1, -0.05) is 62.4 Å². The molecule has 2 aliphatic rings. The van der Waals surface area contributed by atoms with Crippen LogP contribution in [0.2, 0.25) is 0 Å². The molecule has 0 N–H and O–H groups in total. The number of aliphatic imine (C=N–C) groups is 1. The van der Waals surface area contributed by atoms with E-state index in [0.29, 0.717) is 23.0 Å². The predicted octanol–water partition coefficient (Wildman–Crippen LogP) is 4.23. The van der Waals surface area contributed by atoms with Crippen molar-refractivity contribution >= 4 is 28.8 Å². The number of rotatable bonds is 5. The second kappa shape index (κ2) is 7.89. The molecular weight excluding hydrogens is 360 g/mol. The third-order valence-corrected chi connectivity index (χ3v) is 6.00. The van der Waals surface area contributed by atoms with Crippen molar-refractivity contribution in [2.75, 3.05) is 6.61 Å². The van der Waals surface area contributed by atoms with Crippen LogP contribution in [0.15, 0.2) is 40.5 Å². The number of hydrogen-bond donors (Lipinski definition) is 0. The number of allylic oxidation sites excluding steroid dienone is 1. The maximum absolute atomic E-state index is 13.0. The molecule has 1 saturated heterocycles. The molecule has 2 atom stereocenters. The van der Waals surface area contributed by atoms with Gasteiger partial charge in [0.15, 0.2) is 5.17 Å². The van der Waals surface area contributed by atoms with Gasteiger partial charge in [0.05, 0.1) is 29.2 Å². The number of carbonyl (C=O) groups excluding carboxylic acids is 2. The minimum Gasteiger partial charge on any atom is -0.462 e. The number of hydrogen-bond acceptors (Lipinski definition) is 5. The van der Waals surface area contributed by atoms with Crippen LogP contribution < -0.4 is 0 Å². The van der Waals surface area contributed by atoms with Crippen LogP contribution in [0.4, 0.5) is 0 Å². The van der Waals surface area contributed by atoms with Crippen molar-refractivity contribution in [1.29, 1.82) is 0 Å². The fourth-order valence-corrected chi connectivity index (χ4v) is 4.37. The molecule has 27 heavy (non-hydrogen) atoms. The molecule has 0 spiro atoms. The number of amides is 1. The lowest BCUT2D eigenvalue weighted by molar-refractivity contribution is -0.141. The minimum atomic E-state index is -0.491. The molecule has 3 rings (SSSR count). The number of esters is 1. The Kier molecular flexibility index (Phi) is 5.75. The third kappa shape index (κ3) is 3.81. The van der Waals surface area contributed by atoms with Gasteiger partial charge in [0.2, 0.25) is 5.91 Å². The van der Waals surface area contributed by atoms with Gasteiger partial charge in [0.25, 0.3) is 0 Å². The molecule has 5 nitrogen and oxygen atoms in total. The Balaban J connectivity index is 2.06. The fourth-order valence-electron chi connectivity index (χ4n) is 3.23. The van der Waals surface area contributed by atoms with Gasteiger partial charge in [-0.3, -0.25) is 9.69 Å². The SMILES string of the molecule is CC[C@@H]1SC2=NC(C)=C(C(=O)OCC(C)C)[C@H](c3ccc(C)cc3)N2C1=O. The van der Waals surface area contributed by atoms with Gasteiger partial charge >= 0.3 is 5.97 Å². The minimum absolute atomic E-state index is 0.00786. The van der Waals surface area contributed by atoms with Crippen LogP contribution in [0.1, 0.15) is 51.3 Å². The highest BCUT2D eigenvalue weighted by atomic mass is 32.2. The standard InChI is InChI=1S/C21H26N2O3S/c1-6-16-19(24)23-18(15-9-7-13(4)8-10-15)17(14(5)22-21(23)27-16)20(25)26-11-12(2)3/h7-10,12,16,18H,6,11H2,1-5H3/t16-,18-/m0/s1. The quantitative estimate of drug-likeness (QED) is 0.711. The van der Waals surface area contributed by atoms with E-state index in [1.165, 1.54) is 11.8 Å². The van der Waals surface area contributed by atoms with Gasteiger partial charge in [-0.25, -0.2) is 9.79 Å². The van der Waals surface area contributed by atoms with Crippen molar-refractivity contribution in [3.8, 4) is 0 Å². The van der Waals surface area contributed by atoms with Crippen molar-refractivity contribution < 1.29 is 14.3 Å². The average Bonchev–Trinajstić information content (AvgIpc) is 2.94. The second-order valence-corrected chi connectivity index (χ2v) is 8.59. The summed E-state index contributed by atoms with van der Waals surface area (Å²) in [7, 11) is 0. The molecular formula is C21H26N2O3S. The Morgan fingerprint density at radius 2 is 1.93 bits per heavy atom. The van der Waals surface area contributed by atoms with Gasteiger partial charge in [-0.15, -0.1) is 0 Å². The van der Waals surface area contributed by atoms with Crippen LogP contribution in [0.3, 0.4) is 0 Å². The number of carbonyl (C=O) groups is 2. The number of aryl methyl sites for hydroxylation is 1. The molecule has 1 fully saturated rings. The van der Waals surface area contributed by atoms with Crippen LogP contribution in [0, 0.1) is 12.8 Å². The summed E-state index contributed by atoms with van der Waals surface area (Å²) in [4.78, 5) is 32.2. The summed E-state index contributed by atoms with van der Waals surface area (Å²) >= 11 is 1.48. The summed E-state index contributed by atoms with van der Waals surface area (Å²) in [5, 5.41) is 0.519. The molecule has 2 heterocycles. The van der Waals surface area contributed by atoms with Gasteiger partial charge in [0, 0.05) is 0 Å². The normalized spacial score (nSPS) is 22.2. The molecule has 144 valence electrons. The summed E-state index contributed by atoms with van der Waals surface area (Å²) in [5.74, 6) is -0.149. The number of nitrogens with zero attached hydrogens (tertiary/aromatic N) is 2. The van der Waals surface area contributed by atoms with E-state index >= 15 is 0 Å². The predicted molar refractivity (Wildman–Crippen MR) is 108 cm³/mol. The van der Waals surface area contributed by atoms with E-state index in [1.54, 1.807) is 4.90 Å². The van der Waals surface area contributed by atoms with Gasteiger partial charge in [0.1, 0.15) is 0 Å². The maximum Gasteiger partial charge on any atom is 0.338 e. The van der Waals surface area contributed by atoms with Crippen molar-refractivity contribution in [2.45, 2.75) is 52.3 Å². The van der Waals surface area contributed by atoms with E-state index in [9.17, 15) is 9.59 Å².